The Labute approximate surface area is 98.7 Å². The molecule has 0 fully saturated rings. The molecule has 1 N–H and O–H groups in total. The number of hydrogen-bond acceptors (Lipinski definition) is 1. The van der Waals surface area contributed by atoms with Crippen molar-refractivity contribution < 1.29 is 5.11 Å². The van der Waals surface area contributed by atoms with Gasteiger partial charge in [0.05, 0.1) is 5.60 Å². The standard InChI is InChI=1S/C9H11Cl3OSi/c1-9(2,13)7-3-5-8(6-4-7)14(10,11)12/h3-6,13H,1-2H3. The molecule has 14 heavy (non-hydrogen) atoms. The average Bonchev–Trinajstić information content (AvgIpc) is 2.01. The molecule has 0 radical (unpaired) electrons. The molecule has 1 rings (SSSR count). The van der Waals surface area contributed by atoms with Crippen LogP contribution in [0.15, 0.2) is 24.3 Å². The highest BCUT2D eigenvalue weighted by atomic mass is 35.8. The second-order valence-corrected chi connectivity index (χ2v) is 12.1. The third-order valence-corrected chi connectivity index (χ3v) is 4.87. The van der Waals surface area contributed by atoms with Crippen molar-refractivity contribution in [3.63, 3.8) is 0 Å². The van der Waals surface area contributed by atoms with E-state index in [4.69, 9.17) is 33.2 Å². The Hall–Kier alpha value is 0.267. The van der Waals surface area contributed by atoms with E-state index in [0.29, 0.717) is 0 Å². The summed E-state index contributed by atoms with van der Waals surface area (Å²) in [6.45, 7) is 3.43. The van der Waals surface area contributed by atoms with Gasteiger partial charge in [-0.3, -0.25) is 0 Å². The molecule has 0 aliphatic heterocycles. The van der Waals surface area contributed by atoms with Gasteiger partial charge in [0.15, 0.2) is 0 Å². The second-order valence-electron chi connectivity index (χ2n) is 3.63. The molecular formula is C9H11Cl3OSi. The summed E-state index contributed by atoms with van der Waals surface area (Å²) in [5.74, 6) is 0. The topological polar surface area (TPSA) is 20.2 Å². The zero-order chi connectivity index (χ0) is 11.0. The van der Waals surface area contributed by atoms with Gasteiger partial charge in [-0.1, -0.05) is 24.3 Å². The van der Waals surface area contributed by atoms with Gasteiger partial charge >= 0.3 is 6.00 Å². The first kappa shape index (κ1) is 12.3. The van der Waals surface area contributed by atoms with Crippen molar-refractivity contribution in [3.8, 4) is 0 Å². The lowest BCUT2D eigenvalue weighted by molar-refractivity contribution is 0.0786. The smallest absolute Gasteiger partial charge is 0.372 e. The summed E-state index contributed by atoms with van der Waals surface area (Å²) in [7, 11) is 0. The Kier molecular flexibility index (Phi) is 3.55. The highest BCUT2D eigenvalue weighted by Crippen LogP contribution is 2.22. The lowest BCUT2D eigenvalue weighted by atomic mass is 9.99. The Balaban J connectivity index is 3.02. The van der Waals surface area contributed by atoms with Crippen LogP contribution in [0.3, 0.4) is 0 Å². The van der Waals surface area contributed by atoms with Crippen LogP contribution in [-0.4, -0.2) is 11.1 Å². The fourth-order valence-corrected chi connectivity index (χ4v) is 2.75. The quantitative estimate of drug-likeness (QED) is 0.647. The maximum Gasteiger partial charge on any atom is 0.372 e. The molecule has 0 heterocycles. The van der Waals surface area contributed by atoms with Crippen LogP contribution in [0, 0.1) is 0 Å². The molecule has 0 saturated heterocycles. The number of aliphatic hydroxyl groups is 1. The van der Waals surface area contributed by atoms with Gasteiger partial charge in [-0.15, -0.1) is 33.2 Å². The van der Waals surface area contributed by atoms with Gasteiger partial charge in [0, 0.05) is 0 Å². The van der Waals surface area contributed by atoms with Gasteiger partial charge in [0.1, 0.15) is 0 Å². The molecule has 78 valence electrons. The van der Waals surface area contributed by atoms with Crippen LogP contribution >= 0.6 is 33.2 Å². The summed E-state index contributed by atoms with van der Waals surface area (Å²) in [5, 5.41) is 10.4. The van der Waals surface area contributed by atoms with Crippen LogP contribution in [0.25, 0.3) is 0 Å². The first-order chi connectivity index (χ1) is 6.21. The summed E-state index contributed by atoms with van der Waals surface area (Å²) in [6, 6.07) is 4.30. The van der Waals surface area contributed by atoms with Gasteiger partial charge in [-0.05, 0) is 24.6 Å². The summed E-state index contributed by atoms with van der Waals surface area (Å²) >= 11 is 17.5. The van der Waals surface area contributed by atoms with Crippen LogP contribution in [0.5, 0.6) is 0 Å². The highest BCUT2D eigenvalue weighted by molar-refractivity contribution is 7.69. The Morgan fingerprint density at radius 2 is 1.50 bits per heavy atom. The Morgan fingerprint density at radius 3 is 1.79 bits per heavy atom. The van der Waals surface area contributed by atoms with E-state index < -0.39 is 11.6 Å². The zero-order valence-electron chi connectivity index (χ0n) is 7.89. The molecule has 0 spiro atoms. The fourth-order valence-electron chi connectivity index (χ4n) is 1.07. The minimum Gasteiger partial charge on any atom is -0.386 e. The maximum absolute atomic E-state index is 9.70. The van der Waals surface area contributed by atoms with E-state index in [-0.39, 0.29) is 0 Å². The van der Waals surface area contributed by atoms with Gasteiger partial charge in [0.25, 0.3) is 0 Å². The van der Waals surface area contributed by atoms with Crippen molar-refractivity contribution in [2.45, 2.75) is 19.4 Å². The van der Waals surface area contributed by atoms with Crippen LogP contribution in [0.4, 0.5) is 0 Å². The third-order valence-electron chi connectivity index (χ3n) is 1.92. The average molecular weight is 270 g/mol. The molecule has 0 bridgehead atoms. The third kappa shape index (κ3) is 3.14. The molecule has 5 heteroatoms. The van der Waals surface area contributed by atoms with Crippen LogP contribution in [-0.2, 0) is 5.60 Å². The molecule has 1 aromatic rings. The SMILES string of the molecule is CC(C)(O)c1ccc([Si](Cl)(Cl)Cl)cc1. The molecule has 0 saturated carbocycles. The predicted molar refractivity (Wildman–Crippen MR) is 64.6 cm³/mol. The molecule has 0 aromatic heterocycles. The number of hydrogen-bond donors (Lipinski definition) is 1. The monoisotopic (exact) mass is 268 g/mol. The normalized spacial score (nSPS) is 13.0. The molecule has 1 nitrogen and oxygen atoms in total. The van der Waals surface area contributed by atoms with Crippen molar-refractivity contribution in [2.24, 2.45) is 0 Å². The summed E-state index contributed by atoms with van der Waals surface area (Å²) in [4.78, 5) is 0. The Bertz CT molecular complexity index is 277. The summed E-state index contributed by atoms with van der Waals surface area (Å²) < 4.78 is 0. The van der Waals surface area contributed by atoms with Crippen LogP contribution in [0.2, 0.25) is 0 Å². The van der Waals surface area contributed by atoms with Crippen molar-refractivity contribution >= 4 is 44.4 Å². The molecular weight excluding hydrogens is 259 g/mol. The van der Waals surface area contributed by atoms with Crippen molar-refractivity contribution in [1.82, 2.24) is 0 Å². The van der Waals surface area contributed by atoms with E-state index in [0.717, 1.165) is 10.8 Å². The van der Waals surface area contributed by atoms with E-state index >= 15 is 0 Å². The lowest BCUT2D eigenvalue weighted by Crippen LogP contribution is -2.30. The van der Waals surface area contributed by atoms with E-state index in [1.165, 1.54) is 0 Å². The molecule has 0 aliphatic carbocycles. The second kappa shape index (κ2) is 4.03. The van der Waals surface area contributed by atoms with Crippen LogP contribution in [0.1, 0.15) is 19.4 Å². The summed E-state index contributed by atoms with van der Waals surface area (Å²) in [6.07, 6.45) is 0. The fraction of sp³-hybridized carbons (Fsp3) is 0.333. The predicted octanol–water partition coefficient (Wildman–Crippen LogP) is 2.78. The maximum atomic E-state index is 9.70. The number of rotatable bonds is 2. The van der Waals surface area contributed by atoms with Gasteiger partial charge in [0.2, 0.25) is 0 Å². The van der Waals surface area contributed by atoms with E-state index in [9.17, 15) is 5.11 Å². The van der Waals surface area contributed by atoms with E-state index in [2.05, 4.69) is 0 Å². The minimum atomic E-state index is -2.78. The largest absolute Gasteiger partial charge is 0.386 e. The number of halogens is 3. The Morgan fingerprint density at radius 1 is 1.07 bits per heavy atom. The van der Waals surface area contributed by atoms with Crippen LogP contribution < -0.4 is 5.19 Å². The zero-order valence-corrected chi connectivity index (χ0v) is 11.2. The van der Waals surface area contributed by atoms with Crippen molar-refractivity contribution in [2.75, 3.05) is 0 Å². The van der Waals surface area contributed by atoms with Gasteiger partial charge in [-0.25, -0.2) is 0 Å². The number of benzene rings is 1. The minimum absolute atomic E-state index is 0.732. The van der Waals surface area contributed by atoms with E-state index in [1.807, 2.05) is 0 Å². The summed E-state index contributed by atoms with van der Waals surface area (Å²) in [5.41, 5.74) is -0.0438. The molecule has 1 aromatic carbocycles. The molecule has 0 atom stereocenters. The first-order valence-electron chi connectivity index (χ1n) is 4.11. The molecule has 0 unspecified atom stereocenters. The molecule has 0 amide bonds. The highest BCUT2D eigenvalue weighted by Gasteiger charge is 2.28. The molecule has 0 aliphatic rings. The van der Waals surface area contributed by atoms with E-state index in [1.54, 1.807) is 38.1 Å². The first-order valence-corrected chi connectivity index (χ1v) is 9.15. The van der Waals surface area contributed by atoms with Crippen molar-refractivity contribution in [1.29, 1.82) is 0 Å². The van der Waals surface area contributed by atoms with Gasteiger partial charge in [-0.2, -0.15) is 0 Å². The van der Waals surface area contributed by atoms with Crippen molar-refractivity contribution in [3.05, 3.63) is 29.8 Å². The van der Waals surface area contributed by atoms with Gasteiger partial charge < -0.3 is 5.11 Å². The lowest BCUT2D eigenvalue weighted by Gasteiger charge is -2.18.